The molecule has 1 aromatic carbocycles. The summed E-state index contributed by atoms with van der Waals surface area (Å²) in [4.78, 5) is 37.0. The lowest BCUT2D eigenvalue weighted by Crippen LogP contribution is -2.48. The molecule has 0 N–H and O–H groups in total. The molecule has 1 aromatic heterocycles. The zero-order chi connectivity index (χ0) is 29.4. The first-order chi connectivity index (χ1) is 19.0. The van der Waals surface area contributed by atoms with E-state index in [0.29, 0.717) is 35.8 Å². The number of para-hydroxylation sites is 1. The zero-order valence-electron chi connectivity index (χ0n) is 23.4. The van der Waals surface area contributed by atoms with Gasteiger partial charge in [-0.1, -0.05) is 31.0 Å². The highest BCUT2D eigenvalue weighted by Gasteiger charge is 2.35. The Bertz CT molecular complexity index is 1160. The molecule has 2 aromatic rings. The van der Waals surface area contributed by atoms with Gasteiger partial charge in [0.25, 0.3) is 0 Å². The minimum atomic E-state index is -4.62. The number of aromatic nitrogens is 1. The van der Waals surface area contributed by atoms with E-state index in [0.717, 1.165) is 56.3 Å². The second-order valence-corrected chi connectivity index (χ2v) is 10.3. The predicted molar refractivity (Wildman–Crippen MR) is 151 cm³/mol. The van der Waals surface area contributed by atoms with Crippen LogP contribution in [0.1, 0.15) is 37.4 Å². The molecule has 1 saturated heterocycles. The van der Waals surface area contributed by atoms with E-state index >= 15 is 0 Å². The lowest BCUT2D eigenvalue weighted by Gasteiger charge is -2.33. The third-order valence-electron chi connectivity index (χ3n) is 6.94. The first kappa shape index (κ1) is 31.6. The highest BCUT2D eigenvalue weighted by molar-refractivity contribution is 6.34. The number of ether oxygens (including phenoxy) is 1. The van der Waals surface area contributed by atoms with Crippen LogP contribution < -0.4 is 14.7 Å². The number of amides is 2. The normalized spacial score (nSPS) is 15.0. The highest BCUT2D eigenvalue weighted by atomic mass is 35.5. The number of nitrogens with zero attached hydrogens (tertiary/aromatic N) is 5. The van der Waals surface area contributed by atoms with Crippen molar-refractivity contribution in [2.45, 2.75) is 45.3 Å². The number of likely N-dealkylation sites (N-methyl/N-ethyl adjacent to an activating group) is 1. The molecule has 0 spiro atoms. The Kier molecular flexibility index (Phi) is 11.2. The Labute approximate surface area is 238 Å². The van der Waals surface area contributed by atoms with E-state index in [2.05, 4.69) is 9.88 Å². The Morgan fingerprint density at radius 3 is 2.55 bits per heavy atom. The van der Waals surface area contributed by atoms with Gasteiger partial charge in [-0.15, -0.1) is 0 Å². The number of benzene rings is 1. The van der Waals surface area contributed by atoms with Crippen LogP contribution in [0.3, 0.4) is 0 Å². The lowest BCUT2D eigenvalue weighted by molar-refractivity contribution is -0.137. The molecule has 12 heteroatoms. The molecular formula is C28H37ClF3N5O3. The van der Waals surface area contributed by atoms with Crippen molar-refractivity contribution in [3.8, 4) is 0 Å². The molecule has 0 bridgehead atoms. The molecule has 0 saturated carbocycles. The Hall–Kier alpha value is -2.89. The predicted octanol–water partition coefficient (Wildman–Crippen LogP) is 5.02. The number of morpholine rings is 1. The van der Waals surface area contributed by atoms with E-state index in [4.69, 9.17) is 16.3 Å². The zero-order valence-corrected chi connectivity index (χ0v) is 24.1. The van der Waals surface area contributed by atoms with E-state index < -0.39 is 23.7 Å². The van der Waals surface area contributed by atoms with Crippen molar-refractivity contribution in [3.05, 3.63) is 46.6 Å². The quantitative estimate of drug-likeness (QED) is 0.327. The largest absolute Gasteiger partial charge is 0.416 e. The van der Waals surface area contributed by atoms with Crippen molar-refractivity contribution in [1.29, 1.82) is 0 Å². The fourth-order valence-corrected chi connectivity index (χ4v) is 5.17. The van der Waals surface area contributed by atoms with Crippen molar-refractivity contribution in [2.24, 2.45) is 0 Å². The Morgan fingerprint density at radius 2 is 1.93 bits per heavy atom. The first-order valence-corrected chi connectivity index (χ1v) is 13.7. The van der Waals surface area contributed by atoms with Crippen LogP contribution >= 0.6 is 11.6 Å². The van der Waals surface area contributed by atoms with Gasteiger partial charge in [0.05, 0.1) is 35.2 Å². The molecule has 2 heterocycles. The average molecular weight is 584 g/mol. The molecule has 1 fully saturated rings. The Balaban J connectivity index is 1.87. The van der Waals surface area contributed by atoms with Crippen LogP contribution in [0.4, 0.5) is 30.4 Å². The lowest BCUT2D eigenvalue weighted by atomic mass is 10.1. The van der Waals surface area contributed by atoms with Crippen molar-refractivity contribution in [1.82, 2.24) is 9.88 Å². The maximum absolute atomic E-state index is 13.9. The van der Waals surface area contributed by atoms with Crippen LogP contribution in [-0.2, 0) is 20.5 Å². The fraction of sp³-hybridized carbons (Fsp3) is 0.536. The fourth-order valence-electron chi connectivity index (χ4n) is 4.85. The van der Waals surface area contributed by atoms with Gasteiger partial charge in [-0.25, -0.2) is 4.98 Å². The van der Waals surface area contributed by atoms with Gasteiger partial charge in [-0.3, -0.25) is 19.4 Å². The second-order valence-electron chi connectivity index (χ2n) is 9.90. The molecule has 0 aliphatic carbocycles. The van der Waals surface area contributed by atoms with E-state index in [-0.39, 0.29) is 17.9 Å². The van der Waals surface area contributed by atoms with Gasteiger partial charge < -0.3 is 14.5 Å². The van der Waals surface area contributed by atoms with Gasteiger partial charge in [0.15, 0.2) is 0 Å². The van der Waals surface area contributed by atoms with Crippen LogP contribution in [0, 0.1) is 6.92 Å². The number of rotatable bonds is 12. The molecule has 2 amide bonds. The molecular weight excluding hydrogens is 547 g/mol. The smallest absolute Gasteiger partial charge is 0.379 e. The van der Waals surface area contributed by atoms with E-state index in [1.165, 1.54) is 11.8 Å². The summed E-state index contributed by atoms with van der Waals surface area (Å²) in [5, 5.41) is 0.459. The summed E-state index contributed by atoms with van der Waals surface area (Å²) in [6.45, 7) is 8.07. The third kappa shape index (κ3) is 7.86. The number of pyridine rings is 1. The minimum Gasteiger partial charge on any atom is -0.379 e. The van der Waals surface area contributed by atoms with Crippen LogP contribution in [0.15, 0.2) is 30.3 Å². The monoisotopic (exact) mass is 583 g/mol. The summed E-state index contributed by atoms with van der Waals surface area (Å²) in [6.07, 6.45) is -2.65. The van der Waals surface area contributed by atoms with Crippen LogP contribution in [0.5, 0.6) is 0 Å². The third-order valence-corrected chi connectivity index (χ3v) is 7.24. The van der Waals surface area contributed by atoms with E-state index in [1.807, 2.05) is 18.9 Å². The van der Waals surface area contributed by atoms with Crippen molar-refractivity contribution >= 4 is 41.1 Å². The number of aryl methyl sites for hydroxylation is 1. The number of anilines is 3. The van der Waals surface area contributed by atoms with Crippen molar-refractivity contribution < 1.29 is 27.5 Å². The number of hydrogen-bond donors (Lipinski definition) is 0. The standard InChI is InChI=1S/C28H37ClF3N5O3/c1-5-8-24(37(19-38)25-18-21(28(30,31)32)17-20(2)33-25)27(39)35(4)23-10-6-9-22(29)26(23)34(3)11-7-12-36-13-15-40-16-14-36/h6,9-10,17-19,24H,5,7-8,11-16H2,1-4H3. The second kappa shape index (κ2) is 14.1. The molecule has 1 aliphatic heterocycles. The van der Waals surface area contributed by atoms with E-state index in [9.17, 15) is 22.8 Å². The number of carbonyl (C=O) groups excluding carboxylic acids is 2. The van der Waals surface area contributed by atoms with Crippen LogP contribution in [-0.4, -0.2) is 81.7 Å². The van der Waals surface area contributed by atoms with Gasteiger partial charge in [0.2, 0.25) is 12.3 Å². The first-order valence-electron chi connectivity index (χ1n) is 13.3. The summed E-state index contributed by atoms with van der Waals surface area (Å²) in [7, 11) is 3.48. The van der Waals surface area contributed by atoms with Crippen LogP contribution in [0.2, 0.25) is 5.02 Å². The SMILES string of the molecule is CCCC(C(=O)N(C)c1cccc(Cl)c1N(C)CCCN1CCOCC1)N(C=O)c1cc(C(F)(F)F)cc(C)n1. The molecule has 40 heavy (non-hydrogen) atoms. The van der Waals surface area contributed by atoms with E-state index in [1.54, 1.807) is 25.2 Å². The van der Waals surface area contributed by atoms with Gasteiger partial charge in [-0.2, -0.15) is 13.2 Å². The van der Waals surface area contributed by atoms with Gasteiger partial charge in [-0.05, 0) is 44.0 Å². The maximum Gasteiger partial charge on any atom is 0.416 e. The molecule has 1 unspecified atom stereocenters. The Morgan fingerprint density at radius 1 is 1.23 bits per heavy atom. The van der Waals surface area contributed by atoms with Gasteiger partial charge in [0.1, 0.15) is 11.9 Å². The van der Waals surface area contributed by atoms with Crippen LogP contribution in [0.25, 0.3) is 0 Å². The molecule has 0 radical (unpaired) electrons. The highest BCUT2D eigenvalue weighted by Crippen LogP contribution is 2.37. The summed E-state index contributed by atoms with van der Waals surface area (Å²) >= 11 is 6.61. The van der Waals surface area contributed by atoms with Gasteiger partial charge >= 0.3 is 6.18 Å². The number of alkyl halides is 3. The van der Waals surface area contributed by atoms with Crippen molar-refractivity contribution in [3.63, 3.8) is 0 Å². The number of carbonyl (C=O) groups is 2. The molecule has 3 rings (SSSR count). The minimum absolute atomic E-state index is 0.0866. The summed E-state index contributed by atoms with van der Waals surface area (Å²) < 4.78 is 45.9. The summed E-state index contributed by atoms with van der Waals surface area (Å²) in [5.74, 6) is -0.690. The number of hydrogen-bond acceptors (Lipinski definition) is 6. The molecule has 8 nitrogen and oxygen atoms in total. The summed E-state index contributed by atoms with van der Waals surface area (Å²) in [6, 6.07) is 5.87. The average Bonchev–Trinajstić information content (AvgIpc) is 2.91. The molecule has 1 atom stereocenters. The molecule has 220 valence electrons. The van der Waals surface area contributed by atoms with Gasteiger partial charge in [0, 0.05) is 46.0 Å². The summed E-state index contributed by atoms with van der Waals surface area (Å²) in [5.41, 5.74) is 0.340. The molecule has 1 aliphatic rings. The topological polar surface area (TPSA) is 69.2 Å². The maximum atomic E-state index is 13.9. The number of halogens is 4. The van der Waals surface area contributed by atoms with Crippen molar-refractivity contribution in [2.75, 3.05) is 68.2 Å².